The van der Waals surface area contributed by atoms with Crippen LogP contribution in [0.3, 0.4) is 0 Å². The molecule has 1 saturated heterocycles. The third kappa shape index (κ3) is 3.49. The maximum atomic E-state index is 13.1. The molecular weight excluding hydrogens is 362 g/mol. The number of hydrogen-bond acceptors (Lipinski definition) is 7. The maximum absolute atomic E-state index is 13.1. The standard InChI is InChI=1S/C19H25N5O2S/c1-4-22-9-11-23(12-10-22)16(14-5-7-15(26-3)8-6-14)17-18(25)24-19(27-17)20-13(2)21-24/h5-8,16-17H,4,9-12H2,1-3H3. The van der Waals surface area contributed by atoms with Gasteiger partial charge in [-0.15, -0.1) is 5.10 Å². The zero-order valence-corrected chi connectivity index (χ0v) is 16.8. The van der Waals surface area contributed by atoms with Gasteiger partial charge in [0.2, 0.25) is 0 Å². The van der Waals surface area contributed by atoms with Crippen LogP contribution in [0.1, 0.15) is 29.1 Å². The van der Waals surface area contributed by atoms with E-state index in [1.807, 2.05) is 19.1 Å². The predicted molar refractivity (Wildman–Crippen MR) is 104 cm³/mol. The second-order valence-electron chi connectivity index (χ2n) is 6.92. The van der Waals surface area contributed by atoms with E-state index in [-0.39, 0.29) is 17.2 Å². The van der Waals surface area contributed by atoms with E-state index in [1.54, 1.807) is 7.11 Å². The van der Waals surface area contributed by atoms with Gasteiger partial charge in [-0.05, 0) is 31.2 Å². The van der Waals surface area contributed by atoms with Crippen molar-refractivity contribution in [2.75, 3.05) is 39.8 Å². The number of thioether (sulfide) groups is 1. The van der Waals surface area contributed by atoms with E-state index in [4.69, 9.17) is 4.74 Å². The predicted octanol–water partition coefficient (Wildman–Crippen LogP) is 2.09. The number of hydrogen-bond donors (Lipinski definition) is 0. The van der Waals surface area contributed by atoms with Crippen molar-refractivity contribution in [2.45, 2.75) is 30.3 Å². The highest BCUT2D eigenvalue weighted by atomic mass is 32.2. The molecule has 7 nitrogen and oxygen atoms in total. The highest BCUT2D eigenvalue weighted by Crippen LogP contribution is 2.41. The molecule has 2 aliphatic rings. The quantitative estimate of drug-likeness (QED) is 0.778. The smallest absolute Gasteiger partial charge is 0.264 e. The van der Waals surface area contributed by atoms with Gasteiger partial charge in [-0.25, -0.2) is 4.98 Å². The molecule has 0 amide bonds. The molecule has 2 aromatic rings. The molecule has 2 unspecified atom stereocenters. The lowest BCUT2D eigenvalue weighted by Crippen LogP contribution is -2.50. The molecule has 1 aromatic heterocycles. The number of carbonyl (C=O) groups excluding carboxylic acids is 1. The Morgan fingerprint density at radius 2 is 1.93 bits per heavy atom. The van der Waals surface area contributed by atoms with Crippen molar-refractivity contribution in [2.24, 2.45) is 0 Å². The van der Waals surface area contributed by atoms with Crippen molar-refractivity contribution in [3.8, 4) is 5.75 Å². The Labute approximate surface area is 163 Å². The molecule has 0 bridgehead atoms. The molecule has 0 radical (unpaired) electrons. The van der Waals surface area contributed by atoms with Crippen LogP contribution in [0, 0.1) is 6.92 Å². The van der Waals surface area contributed by atoms with Crippen LogP contribution in [0.5, 0.6) is 5.75 Å². The van der Waals surface area contributed by atoms with Gasteiger partial charge < -0.3 is 9.64 Å². The van der Waals surface area contributed by atoms with Crippen LogP contribution in [0.4, 0.5) is 0 Å². The first kappa shape index (κ1) is 18.5. The SMILES string of the molecule is CCN1CCN(C(c2ccc(OC)cc2)C2Sc3nc(C)nn3C2=O)CC1. The number of nitrogens with zero attached hydrogens (tertiary/aromatic N) is 5. The summed E-state index contributed by atoms with van der Waals surface area (Å²) in [6.07, 6.45) is 0. The topological polar surface area (TPSA) is 63.5 Å². The van der Waals surface area contributed by atoms with Crippen molar-refractivity contribution >= 4 is 17.7 Å². The van der Waals surface area contributed by atoms with Gasteiger partial charge in [0.15, 0.2) is 5.16 Å². The zero-order chi connectivity index (χ0) is 19.0. The van der Waals surface area contributed by atoms with Crippen molar-refractivity contribution in [1.29, 1.82) is 0 Å². The Morgan fingerprint density at radius 3 is 2.52 bits per heavy atom. The maximum Gasteiger partial charge on any atom is 0.264 e. The van der Waals surface area contributed by atoms with Crippen LogP contribution in [-0.2, 0) is 0 Å². The summed E-state index contributed by atoms with van der Waals surface area (Å²) >= 11 is 1.53. The molecule has 4 rings (SSSR count). The van der Waals surface area contributed by atoms with E-state index >= 15 is 0 Å². The van der Waals surface area contributed by atoms with Crippen LogP contribution in [-0.4, -0.2) is 75.6 Å². The summed E-state index contributed by atoms with van der Waals surface area (Å²) in [4.78, 5) is 22.4. The monoisotopic (exact) mass is 387 g/mol. The third-order valence-corrected chi connectivity index (χ3v) is 6.55. The second-order valence-corrected chi connectivity index (χ2v) is 8.03. The number of aryl methyl sites for hydroxylation is 1. The number of aromatic nitrogens is 3. The molecule has 0 spiro atoms. The molecule has 2 atom stereocenters. The number of carbonyl (C=O) groups is 1. The fraction of sp³-hybridized carbons (Fsp3) is 0.526. The summed E-state index contributed by atoms with van der Waals surface area (Å²) in [5.41, 5.74) is 1.13. The third-order valence-electron chi connectivity index (χ3n) is 5.36. The molecule has 0 aliphatic carbocycles. The Bertz CT molecular complexity index is 814. The van der Waals surface area contributed by atoms with Gasteiger partial charge in [0.05, 0.1) is 13.2 Å². The minimum absolute atomic E-state index is 0.00350. The van der Waals surface area contributed by atoms with Gasteiger partial charge in [0, 0.05) is 26.2 Å². The lowest BCUT2D eigenvalue weighted by Gasteiger charge is -2.40. The van der Waals surface area contributed by atoms with E-state index in [9.17, 15) is 4.79 Å². The normalized spacial score (nSPS) is 22.0. The first-order valence-electron chi connectivity index (χ1n) is 9.35. The number of piperazine rings is 1. The van der Waals surface area contributed by atoms with Crippen molar-refractivity contribution in [1.82, 2.24) is 24.6 Å². The van der Waals surface area contributed by atoms with E-state index in [0.29, 0.717) is 11.0 Å². The highest BCUT2D eigenvalue weighted by Gasteiger charge is 2.43. The number of methoxy groups -OCH3 is 1. The largest absolute Gasteiger partial charge is 0.497 e. The number of likely N-dealkylation sites (N-methyl/N-ethyl adjacent to an activating group) is 1. The van der Waals surface area contributed by atoms with Gasteiger partial charge in [-0.1, -0.05) is 30.8 Å². The Kier molecular flexibility index (Phi) is 5.21. The average molecular weight is 388 g/mol. The van der Waals surface area contributed by atoms with Crippen LogP contribution < -0.4 is 4.74 Å². The van der Waals surface area contributed by atoms with Gasteiger partial charge in [0.25, 0.3) is 5.91 Å². The van der Waals surface area contributed by atoms with Gasteiger partial charge in [-0.2, -0.15) is 4.68 Å². The molecule has 1 fully saturated rings. The highest BCUT2D eigenvalue weighted by molar-refractivity contribution is 8.00. The molecular formula is C19H25N5O2S. The molecule has 0 saturated carbocycles. The van der Waals surface area contributed by atoms with Gasteiger partial charge >= 0.3 is 0 Å². The molecule has 0 N–H and O–H groups in total. The molecule has 27 heavy (non-hydrogen) atoms. The Morgan fingerprint density at radius 1 is 1.22 bits per heavy atom. The van der Waals surface area contributed by atoms with E-state index in [1.165, 1.54) is 16.4 Å². The first-order chi connectivity index (χ1) is 13.1. The summed E-state index contributed by atoms with van der Waals surface area (Å²) in [6.45, 7) is 9.02. The fourth-order valence-corrected chi connectivity index (χ4v) is 5.14. The number of benzene rings is 1. The molecule has 8 heteroatoms. The van der Waals surface area contributed by atoms with Crippen LogP contribution >= 0.6 is 11.8 Å². The van der Waals surface area contributed by atoms with E-state index < -0.39 is 0 Å². The molecule has 1 aromatic carbocycles. The van der Waals surface area contributed by atoms with Crippen molar-refractivity contribution in [3.05, 3.63) is 35.7 Å². The minimum atomic E-state index is -0.234. The minimum Gasteiger partial charge on any atom is -0.497 e. The summed E-state index contributed by atoms with van der Waals surface area (Å²) < 4.78 is 6.78. The number of rotatable bonds is 5. The lowest BCUT2D eigenvalue weighted by atomic mass is 10.00. The van der Waals surface area contributed by atoms with E-state index in [0.717, 1.165) is 44.0 Å². The first-order valence-corrected chi connectivity index (χ1v) is 10.2. The van der Waals surface area contributed by atoms with E-state index in [2.05, 4.69) is 38.9 Å². The Balaban J connectivity index is 1.64. The number of ether oxygens (including phenoxy) is 1. The lowest BCUT2D eigenvalue weighted by molar-refractivity contribution is 0.0739. The summed E-state index contributed by atoms with van der Waals surface area (Å²) in [5.74, 6) is 1.49. The summed E-state index contributed by atoms with van der Waals surface area (Å²) in [6, 6.07) is 8.08. The Hall–Kier alpha value is -1.90. The van der Waals surface area contributed by atoms with Gasteiger partial charge in [-0.3, -0.25) is 9.69 Å². The number of fused-ring (bicyclic) bond motifs is 1. The zero-order valence-electron chi connectivity index (χ0n) is 16.0. The second kappa shape index (κ2) is 7.61. The van der Waals surface area contributed by atoms with Crippen LogP contribution in [0.2, 0.25) is 0 Å². The fourth-order valence-electron chi connectivity index (χ4n) is 3.84. The molecule has 3 heterocycles. The van der Waals surface area contributed by atoms with Crippen LogP contribution in [0.25, 0.3) is 0 Å². The molecule has 2 aliphatic heterocycles. The summed E-state index contributed by atoms with van der Waals surface area (Å²) in [7, 11) is 1.67. The molecule has 144 valence electrons. The van der Waals surface area contributed by atoms with Crippen molar-refractivity contribution in [3.63, 3.8) is 0 Å². The average Bonchev–Trinajstić information content (AvgIpc) is 3.20. The van der Waals surface area contributed by atoms with Crippen molar-refractivity contribution < 1.29 is 9.53 Å². The van der Waals surface area contributed by atoms with Crippen LogP contribution in [0.15, 0.2) is 29.4 Å². The summed E-state index contributed by atoms with van der Waals surface area (Å²) in [5, 5.41) is 4.75. The van der Waals surface area contributed by atoms with Gasteiger partial charge in [0.1, 0.15) is 16.8 Å².